The Bertz CT molecular complexity index is 1180. The number of aldehydes is 1. The number of fused-ring (bicyclic) bond motifs is 1. The van der Waals surface area contributed by atoms with E-state index in [2.05, 4.69) is 26.4 Å². The fourth-order valence-corrected chi connectivity index (χ4v) is 5.02. The van der Waals surface area contributed by atoms with Crippen LogP contribution >= 0.6 is 15.9 Å². The second-order valence-corrected chi connectivity index (χ2v) is 9.69. The van der Waals surface area contributed by atoms with Crippen LogP contribution in [0.3, 0.4) is 0 Å². The molecule has 1 amide bonds. The van der Waals surface area contributed by atoms with Crippen molar-refractivity contribution < 1.29 is 37.4 Å². The molecule has 0 aliphatic carbocycles. The third-order valence-corrected chi connectivity index (χ3v) is 6.51. The first-order valence-corrected chi connectivity index (χ1v) is 11.3. The van der Waals surface area contributed by atoms with Crippen molar-refractivity contribution in [3.05, 3.63) is 57.6 Å². The van der Waals surface area contributed by atoms with Crippen LogP contribution in [0.1, 0.15) is 50.0 Å². The lowest BCUT2D eigenvalue weighted by molar-refractivity contribution is -0.254. The van der Waals surface area contributed by atoms with Gasteiger partial charge in [0, 0.05) is 33.3 Å². The summed E-state index contributed by atoms with van der Waals surface area (Å²) in [4.78, 5) is 29.2. The van der Waals surface area contributed by atoms with E-state index in [1.807, 2.05) is 0 Å². The van der Waals surface area contributed by atoms with Crippen molar-refractivity contribution in [2.75, 3.05) is 12.4 Å². The first kappa shape index (κ1) is 26.7. The third-order valence-electron chi connectivity index (χ3n) is 5.85. The molecule has 1 aliphatic rings. The number of methoxy groups -OCH3 is 1. The summed E-state index contributed by atoms with van der Waals surface area (Å²) in [5.74, 6) is -1.33. The number of nitrogens with one attached hydrogen (secondary N) is 1. The highest BCUT2D eigenvalue weighted by molar-refractivity contribution is 9.10. The van der Waals surface area contributed by atoms with Gasteiger partial charge >= 0.3 is 6.18 Å². The van der Waals surface area contributed by atoms with E-state index in [1.165, 1.54) is 39.2 Å². The number of rotatable bonds is 7. The molecule has 2 unspecified atom stereocenters. The van der Waals surface area contributed by atoms with Crippen molar-refractivity contribution >= 4 is 39.5 Å². The topological polar surface area (TPSA) is 97.2 Å². The van der Waals surface area contributed by atoms with Gasteiger partial charge in [-0.2, -0.15) is 13.2 Å². The minimum absolute atomic E-state index is 0.00574. The van der Waals surface area contributed by atoms with E-state index in [0.29, 0.717) is 38.9 Å². The maximum absolute atomic E-state index is 14.2. The molecule has 0 saturated heterocycles. The van der Waals surface area contributed by atoms with E-state index in [4.69, 9.17) is 9.57 Å². The number of hydrogen-bond donors (Lipinski definition) is 2. The van der Waals surface area contributed by atoms with E-state index in [0.717, 1.165) is 0 Å². The second-order valence-electron chi connectivity index (χ2n) is 8.83. The predicted molar refractivity (Wildman–Crippen MR) is 127 cm³/mol. The minimum Gasteiger partial charge on any atom is -0.496 e. The molecule has 11 heteroatoms. The highest BCUT2D eigenvalue weighted by Gasteiger charge is 2.61. The lowest BCUT2D eigenvalue weighted by atomic mass is 9.74. The fourth-order valence-electron chi connectivity index (χ4n) is 4.14. The average molecular weight is 557 g/mol. The summed E-state index contributed by atoms with van der Waals surface area (Å²) < 4.78 is 48.4. The first-order valence-electron chi connectivity index (χ1n) is 10.5. The zero-order chi connectivity index (χ0) is 26.2. The Labute approximate surface area is 208 Å². The monoisotopic (exact) mass is 556 g/mol. The largest absolute Gasteiger partial charge is 0.496 e. The first-order chi connectivity index (χ1) is 16.2. The van der Waals surface area contributed by atoms with Crippen molar-refractivity contribution in [1.29, 1.82) is 0 Å². The lowest BCUT2D eigenvalue weighted by Crippen LogP contribution is -2.57. The molecule has 188 valence electrons. The molecular weight excluding hydrogens is 533 g/mol. The fraction of sp³-hybridized carbons (Fsp3) is 0.375. The number of carbonyl (C=O) groups excluding carboxylic acids is 2. The molecule has 2 atom stereocenters. The molecule has 0 fully saturated rings. The molecule has 0 aromatic heterocycles. The van der Waals surface area contributed by atoms with Crippen LogP contribution in [0.5, 0.6) is 5.75 Å². The summed E-state index contributed by atoms with van der Waals surface area (Å²) >= 11 is 3.33. The van der Waals surface area contributed by atoms with Crippen LogP contribution < -0.4 is 10.1 Å². The molecule has 2 N–H and O–H groups in total. The van der Waals surface area contributed by atoms with Gasteiger partial charge in [-0.15, -0.1) is 0 Å². The predicted octanol–water partition coefficient (Wildman–Crippen LogP) is 5.05. The molecule has 0 spiro atoms. The quantitative estimate of drug-likeness (QED) is 0.465. The standard InChI is InChI=1S/C24H24BrF3N2O5/c1-13-16-10-14(8-9-15(16)19(11-31)35-30-13)29-21(32)23(33,24(26,27)28)12-22(2,3)20-17(25)6-5-7-18(20)34-4/h5-11,19,33H,12H2,1-4H3,(H,29,32). The number of benzene rings is 2. The molecule has 1 aliphatic heterocycles. The maximum Gasteiger partial charge on any atom is 0.426 e. The highest BCUT2D eigenvalue weighted by Crippen LogP contribution is 2.46. The maximum atomic E-state index is 14.2. The number of nitrogens with zero attached hydrogens (tertiary/aromatic N) is 1. The number of hydrogen-bond acceptors (Lipinski definition) is 6. The summed E-state index contributed by atoms with van der Waals surface area (Å²) in [5.41, 5.74) is -3.45. The Balaban J connectivity index is 1.97. The number of anilines is 1. The highest BCUT2D eigenvalue weighted by atomic mass is 79.9. The molecular formula is C24H24BrF3N2O5. The number of amides is 1. The molecule has 0 bridgehead atoms. The number of halogens is 4. The van der Waals surface area contributed by atoms with Gasteiger partial charge in [0.2, 0.25) is 11.7 Å². The van der Waals surface area contributed by atoms with E-state index in [1.54, 1.807) is 25.1 Å². The van der Waals surface area contributed by atoms with Gasteiger partial charge in [0.1, 0.15) is 5.75 Å². The Morgan fingerprint density at radius 1 is 1.29 bits per heavy atom. The lowest BCUT2D eigenvalue weighted by Gasteiger charge is -2.37. The molecule has 0 saturated carbocycles. The summed E-state index contributed by atoms with van der Waals surface area (Å²) in [5, 5.41) is 16.8. The van der Waals surface area contributed by atoms with Gasteiger partial charge < -0.3 is 20.0 Å². The number of carbonyl (C=O) groups is 2. The Morgan fingerprint density at radius 2 is 1.97 bits per heavy atom. The molecule has 1 heterocycles. The molecule has 0 radical (unpaired) electrons. The molecule has 35 heavy (non-hydrogen) atoms. The Morgan fingerprint density at radius 3 is 2.57 bits per heavy atom. The van der Waals surface area contributed by atoms with Gasteiger partial charge in [0.15, 0.2) is 6.29 Å². The van der Waals surface area contributed by atoms with Gasteiger partial charge in [0.25, 0.3) is 5.91 Å². The van der Waals surface area contributed by atoms with E-state index >= 15 is 0 Å². The second kappa shape index (κ2) is 9.62. The van der Waals surface area contributed by atoms with Gasteiger partial charge in [0.05, 0.1) is 12.8 Å². The van der Waals surface area contributed by atoms with Crippen LogP contribution in [-0.2, 0) is 19.8 Å². The zero-order valence-electron chi connectivity index (χ0n) is 19.4. The third kappa shape index (κ3) is 5.06. The molecule has 7 nitrogen and oxygen atoms in total. The summed E-state index contributed by atoms with van der Waals surface area (Å²) in [6.07, 6.45) is -6.70. The van der Waals surface area contributed by atoms with Crippen LogP contribution in [0.2, 0.25) is 0 Å². The number of alkyl halides is 3. The van der Waals surface area contributed by atoms with Crippen molar-refractivity contribution in [3.63, 3.8) is 0 Å². The Kier molecular flexibility index (Phi) is 7.33. The van der Waals surface area contributed by atoms with E-state index in [-0.39, 0.29) is 5.69 Å². The normalized spacial score (nSPS) is 17.4. The smallest absolute Gasteiger partial charge is 0.426 e. The number of aliphatic hydroxyl groups is 1. The summed E-state index contributed by atoms with van der Waals surface area (Å²) in [7, 11) is 1.38. The van der Waals surface area contributed by atoms with Crippen molar-refractivity contribution in [2.45, 2.75) is 50.5 Å². The van der Waals surface area contributed by atoms with E-state index < -0.39 is 35.6 Å². The molecule has 3 rings (SSSR count). The van der Waals surface area contributed by atoms with Gasteiger partial charge in [-0.05, 0) is 36.6 Å². The van der Waals surface area contributed by atoms with Crippen LogP contribution in [0.4, 0.5) is 18.9 Å². The summed E-state index contributed by atoms with van der Waals surface area (Å²) in [6, 6.07) is 9.04. The van der Waals surface area contributed by atoms with Gasteiger partial charge in [-0.25, -0.2) is 0 Å². The van der Waals surface area contributed by atoms with E-state index in [9.17, 15) is 27.9 Å². The SMILES string of the molecule is COc1cccc(Br)c1C(C)(C)CC(O)(C(=O)Nc1ccc2c(c1)C(C)=NOC2C=O)C(F)(F)F. The van der Waals surface area contributed by atoms with Crippen molar-refractivity contribution in [3.8, 4) is 5.75 Å². The molecule has 2 aromatic carbocycles. The van der Waals surface area contributed by atoms with Gasteiger partial charge in [-0.1, -0.05) is 47.1 Å². The molecule has 2 aromatic rings. The average Bonchev–Trinajstić information content (AvgIpc) is 2.78. The summed E-state index contributed by atoms with van der Waals surface area (Å²) in [6.45, 7) is 4.56. The zero-order valence-corrected chi connectivity index (χ0v) is 21.0. The van der Waals surface area contributed by atoms with Crippen LogP contribution in [-0.4, -0.2) is 41.9 Å². The van der Waals surface area contributed by atoms with Crippen LogP contribution in [0.15, 0.2) is 46.0 Å². The van der Waals surface area contributed by atoms with Gasteiger partial charge in [-0.3, -0.25) is 9.59 Å². The number of oxime groups is 1. The minimum atomic E-state index is -5.29. The van der Waals surface area contributed by atoms with Crippen molar-refractivity contribution in [2.24, 2.45) is 5.16 Å². The number of ether oxygens (including phenoxy) is 1. The van der Waals surface area contributed by atoms with Crippen molar-refractivity contribution in [1.82, 2.24) is 0 Å². The van der Waals surface area contributed by atoms with Crippen LogP contribution in [0.25, 0.3) is 0 Å². The Hall–Kier alpha value is -2.92. The van der Waals surface area contributed by atoms with Crippen LogP contribution in [0, 0.1) is 0 Å².